The van der Waals surface area contributed by atoms with Gasteiger partial charge < -0.3 is 5.11 Å². The van der Waals surface area contributed by atoms with Gasteiger partial charge in [0.15, 0.2) is 0 Å². The normalized spacial score (nSPS) is 9.86. The third-order valence-electron chi connectivity index (χ3n) is 1.89. The van der Waals surface area contributed by atoms with E-state index in [9.17, 15) is 9.59 Å². The lowest BCUT2D eigenvalue weighted by Gasteiger charge is -2.03. The zero-order valence-electron chi connectivity index (χ0n) is 7.58. The molecular formula is C10H9ClO3. The minimum Gasteiger partial charge on any atom is -0.475 e. The van der Waals surface area contributed by atoms with Gasteiger partial charge in [0.25, 0.3) is 0 Å². The lowest BCUT2D eigenvalue weighted by atomic mass is 10.0. The van der Waals surface area contributed by atoms with Crippen LogP contribution in [0, 0.1) is 6.92 Å². The van der Waals surface area contributed by atoms with E-state index in [0.29, 0.717) is 10.6 Å². The monoisotopic (exact) mass is 212 g/mol. The lowest BCUT2D eigenvalue weighted by molar-refractivity contribution is -0.148. The van der Waals surface area contributed by atoms with Crippen molar-refractivity contribution in [3.8, 4) is 0 Å². The van der Waals surface area contributed by atoms with Crippen molar-refractivity contribution in [1.82, 2.24) is 0 Å². The standard InChI is InChI=1S/C10H9ClO3/c1-6-4-8(11)3-2-7(6)5-9(12)10(13)14/h2-4H,5H2,1H3,(H,13,14). The number of rotatable bonds is 3. The first-order chi connectivity index (χ1) is 6.50. The van der Waals surface area contributed by atoms with Crippen molar-refractivity contribution in [2.24, 2.45) is 0 Å². The highest BCUT2D eigenvalue weighted by Crippen LogP contribution is 2.15. The molecule has 0 spiro atoms. The Labute approximate surface area is 86.3 Å². The second kappa shape index (κ2) is 4.24. The minimum atomic E-state index is -1.40. The number of carboxylic acid groups (broad SMARTS) is 1. The Hall–Kier alpha value is -1.35. The summed E-state index contributed by atoms with van der Waals surface area (Å²) in [6.07, 6.45) is -0.0850. The number of carboxylic acids is 1. The second-order valence-corrected chi connectivity index (χ2v) is 3.41. The van der Waals surface area contributed by atoms with E-state index >= 15 is 0 Å². The highest BCUT2D eigenvalue weighted by molar-refractivity contribution is 6.33. The van der Waals surface area contributed by atoms with E-state index in [1.807, 2.05) is 0 Å². The van der Waals surface area contributed by atoms with Crippen molar-refractivity contribution in [3.05, 3.63) is 34.3 Å². The van der Waals surface area contributed by atoms with E-state index in [-0.39, 0.29) is 6.42 Å². The summed E-state index contributed by atoms with van der Waals surface area (Å²) in [5.41, 5.74) is 1.52. The lowest BCUT2D eigenvalue weighted by Crippen LogP contribution is -2.15. The van der Waals surface area contributed by atoms with E-state index in [4.69, 9.17) is 16.7 Å². The fraction of sp³-hybridized carbons (Fsp3) is 0.200. The van der Waals surface area contributed by atoms with E-state index in [2.05, 4.69) is 0 Å². The first-order valence-electron chi connectivity index (χ1n) is 4.02. The summed E-state index contributed by atoms with van der Waals surface area (Å²) in [6.45, 7) is 1.79. The molecule has 0 heterocycles. The van der Waals surface area contributed by atoms with Crippen LogP contribution in [0.3, 0.4) is 0 Å². The molecule has 4 heteroatoms. The van der Waals surface area contributed by atoms with Gasteiger partial charge in [0.05, 0.1) is 0 Å². The maximum Gasteiger partial charge on any atom is 0.372 e. The Morgan fingerprint density at radius 1 is 1.43 bits per heavy atom. The smallest absolute Gasteiger partial charge is 0.372 e. The summed E-state index contributed by atoms with van der Waals surface area (Å²) in [7, 11) is 0. The molecule has 0 saturated heterocycles. The Bertz CT molecular complexity index is 385. The van der Waals surface area contributed by atoms with Crippen LogP contribution in [0.4, 0.5) is 0 Å². The molecular weight excluding hydrogens is 204 g/mol. The summed E-state index contributed by atoms with van der Waals surface area (Å²) in [5.74, 6) is -2.21. The molecule has 74 valence electrons. The molecule has 0 aliphatic rings. The molecule has 0 radical (unpaired) electrons. The van der Waals surface area contributed by atoms with Crippen LogP contribution >= 0.6 is 11.6 Å². The highest BCUT2D eigenvalue weighted by atomic mass is 35.5. The molecule has 1 aromatic rings. The van der Waals surface area contributed by atoms with Crippen molar-refractivity contribution in [2.45, 2.75) is 13.3 Å². The molecule has 14 heavy (non-hydrogen) atoms. The number of aliphatic carboxylic acids is 1. The molecule has 0 fully saturated rings. The van der Waals surface area contributed by atoms with Gasteiger partial charge in [-0.1, -0.05) is 17.7 Å². The summed E-state index contributed by atoms with van der Waals surface area (Å²) < 4.78 is 0. The van der Waals surface area contributed by atoms with Gasteiger partial charge in [-0.15, -0.1) is 0 Å². The quantitative estimate of drug-likeness (QED) is 0.778. The van der Waals surface area contributed by atoms with Gasteiger partial charge in [-0.2, -0.15) is 0 Å². The first kappa shape index (κ1) is 10.7. The Morgan fingerprint density at radius 3 is 2.57 bits per heavy atom. The second-order valence-electron chi connectivity index (χ2n) is 2.98. The van der Waals surface area contributed by atoms with Gasteiger partial charge in [0, 0.05) is 11.4 Å². The average molecular weight is 213 g/mol. The third-order valence-corrected chi connectivity index (χ3v) is 2.13. The van der Waals surface area contributed by atoms with Crippen LogP contribution in [0.25, 0.3) is 0 Å². The molecule has 0 atom stereocenters. The van der Waals surface area contributed by atoms with Gasteiger partial charge in [-0.05, 0) is 30.2 Å². The summed E-state index contributed by atoms with van der Waals surface area (Å²) in [5, 5.41) is 8.99. The number of halogens is 1. The zero-order valence-corrected chi connectivity index (χ0v) is 8.34. The summed E-state index contributed by atoms with van der Waals surface area (Å²) >= 11 is 5.71. The highest BCUT2D eigenvalue weighted by Gasteiger charge is 2.13. The number of hydrogen-bond donors (Lipinski definition) is 1. The number of Topliss-reactive ketones (excluding diaryl/α,β-unsaturated/α-hetero) is 1. The number of hydrogen-bond acceptors (Lipinski definition) is 2. The molecule has 0 amide bonds. The van der Waals surface area contributed by atoms with Crippen molar-refractivity contribution in [1.29, 1.82) is 0 Å². The van der Waals surface area contributed by atoms with Gasteiger partial charge in [0.1, 0.15) is 0 Å². The van der Waals surface area contributed by atoms with Crippen LogP contribution < -0.4 is 0 Å². The minimum absolute atomic E-state index is 0.0850. The molecule has 0 aromatic heterocycles. The molecule has 0 bridgehead atoms. The van der Waals surface area contributed by atoms with Gasteiger partial charge in [0.2, 0.25) is 5.78 Å². The van der Waals surface area contributed by atoms with Crippen LogP contribution in [0.5, 0.6) is 0 Å². The number of carbonyl (C=O) groups is 2. The van der Waals surface area contributed by atoms with E-state index in [0.717, 1.165) is 5.56 Å². The predicted octanol–water partition coefficient (Wildman–Crippen LogP) is 1.84. The fourth-order valence-corrected chi connectivity index (χ4v) is 1.33. The van der Waals surface area contributed by atoms with Crippen molar-refractivity contribution in [3.63, 3.8) is 0 Å². The van der Waals surface area contributed by atoms with E-state index in [1.54, 1.807) is 25.1 Å². The SMILES string of the molecule is Cc1cc(Cl)ccc1CC(=O)C(=O)O. The zero-order chi connectivity index (χ0) is 10.7. The van der Waals surface area contributed by atoms with Crippen LogP contribution in [-0.2, 0) is 16.0 Å². The van der Waals surface area contributed by atoms with Crippen molar-refractivity contribution < 1.29 is 14.7 Å². The molecule has 1 rings (SSSR count). The molecule has 0 aliphatic carbocycles. The summed E-state index contributed by atoms with van der Waals surface area (Å²) in [6, 6.07) is 5.00. The molecule has 1 N–H and O–H groups in total. The van der Waals surface area contributed by atoms with Gasteiger partial charge in [-0.3, -0.25) is 4.79 Å². The van der Waals surface area contributed by atoms with Crippen LogP contribution in [0.1, 0.15) is 11.1 Å². The Kier molecular flexibility index (Phi) is 3.25. The number of ketones is 1. The molecule has 1 aromatic carbocycles. The van der Waals surface area contributed by atoms with Crippen molar-refractivity contribution in [2.75, 3.05) is 0 Å². The number of carbonyl (C=O) groups excluding carboxylic acids is 1. The Morgan fingerprint density at radius 2 is 2.07 bits per heavy atom. The van der Waals surface area contributed by atoms with Gasteiger partial charge in [-0.25, -0.2) is 4.79 Å². The van der Waals surface area contributed by atoms with E-state index in [1.165, 1.54) is 0 Å². The topological polar surface area (TPSA) is 54.4 Å². The first-order valence-corrected chi connectivity index (χ1v) is 4.39. The Balaban J connectivity index is 2.87. The maximum absolute atomic E-state index is 10.9. The molecule has 0 unspecified atom stereocenters. The molecule has 0 saturated carbocycles. The van der Waals surface area contributed by atoms with Gasteiger partial charge >= 0.3 is 5.97 Å². The van der Waals surface area contributed by atoms with Crippen LogP contribution in [0.2, 0.25) is 5.02 Å². The van der Waals surface area contributed by atoms with E-state index < -0.39 is 11.8 Å². The third kappa shape index (κ3) is 2.57. The number of aryl methyl sites for hydroxylation is 1. The maximum atomic E-state index is 10.9. The predicted molar refractivity (Wildman–Crippen MR) is 52.5 cm³/mol. The largest absolute Gasteiger partial charge is 0.475 e. The number of benzene rings is 1. The molecule has 3 nitrogen and oxygen atoms in total. The fourth-order valence-electron chi connectivity index (χ4n) is 1.11. The summed E-state index contributed by atoms with van der Waals surface area (Å²) in [4.78, 5) is 21.2. The average Bonchev–Trinajstić information content (AvgIpc) is 2.09. The molecule has 0 aliphatic heterocycles. The van der Waals surface area contributed by atoms with Crippen molar-refractivity contribution >= 4 is 23.4 Å². The van der Waals surface area contributed by atoms with Crippen LogP contribution in [0.15, 0.2) is 18.2 Å². The van der Waals surface area contributed by atoms with Crippen LogP contribution in [-0.4, -0.2) is 16.9 Å².